The lowest BCUT2D eigenvalue weighted by Gasteiger charge is -2.21. The van der Waals surface area contributed by atoms with Crippen LogP contribution < -0.4 is 5.73 Å². The molecule has 31 heavy (non-hydrogen) atoms. The molecule has 1 aliphatic rings. The fraction of sp³-hybridized carbons (Fsp3) is 0.318. The van der Waals surface area contributed by atoms with Crippen molar-refractivity contribution in [3.8, 4) is 17.0 Å². The number of anilines is 1. The normalized spacial score (nSPS) is 16.6. The Morgan fingerprint density at radius 1 is 1.26 bits per heavy atom. The van der Waals surface area contributed by atoms with E-state index in [9.17, 15) is 18.3 Å². The molecule has 1 aliphatic heterocycles. The van der Waals surface area contributed by atoms with E-state index in [4.69, 9.17) is 5.73 Å². The molecule has 0 amide bonds. The van der Waals surface area contributed by atoms with E-state index in [0.717, 1.165) is 37.0 Å². The number of nitrogen functional groups attached to an aromatic ring is 1. The third-order valence-corrected chi connectivity index (χ3v) is 5.51. The van der Waals surface area contributed by atoms with Crippen LogP contribution in [-0.4, -0.2) is 31.9 Å². The minimum Gasteiger partial charge on any atom is -0.507 e. The minimum atomic E-state index is -4.54. The highest BCUT2D eigenvalue weighted by atomic mass is 19.4. The van der Waals surface area contributed by atoms with Crippen molar-refractivity contribution in [1.82, 2.24) is 14.5 Å². The number of aliphatic imine (C=N–C) groups is 1. The highest BCUT2D eigenvalue weighted by molar-refractivity contribution is 5.87. The van der Waals surface area contributed by atoms with Gasteiger partial charge in [-0.2, -0.15) is 13.2 Å². The smallest absolute Gasteiger partial charge is 0.416 e. The van der Waals surface area contributed by atoms with Crippen LogP contribution in [0.3, 0.4) is 0 Å². The number of aryl methyl sites for hydroxylation is 3. The second-order valence-electron chi connectivity index (χ2n) is 7.75. The maximum absolute atomic E-state index is 13.0. The van der Waals surface area contributed by atoms with Gasteiger partial charge in [0.1, 0.15) is 17.4 Å². The first-order valence-electron chi connectivity index (χ1n) is 9.85. The van der Waals surface area contributed by atoms with Gasteiger partial charge in [0.2, 0.25) is 0 Å². The summed E-state index contributed by atoms with van der Waals surface area (Å²) in [7, 11) is 0. The van der Waals surface area contributed by atoms with Crippen molar-refractivity contribution in [3.05, 3.63) is 58.7 Å². The monoisotopic (exact) mass is 429 g/mol. The molecule has 1 aromatic carbocycles. The van der Waals surface area contributed by atoms with Crippen molar-refractivity contribution >= 4 is 12.0 Å². The van der Waals surface area contributed by atoms with Crippen LogP contribution in [0.4, 0.5) is 19.0 Å². The largest absolute Gasteiger partial charge is 0.507 e. The SMILES string of the molecule is Cc1cc(C(F)(F)F)cc(O)c1-c1ccc(C=NC2CCc3ncc(C)n3C2)c(N)n1. The molecule has 1 atom stereocenters. The number of nitrogens with two attached hydrogens (primary N) is 1. The van der Waals surface area contributed by atoms with Crippen LogP contribution in [0, 0.1) is 13.8 Å². The van der Waals surface area contributed by atoms with Crippen molar-refractivity contribution in [2.45, 2.75) is 45.5 Å². The molecule has 9 heteroatoms. The lowest BCUT2D eigenvalue weighted by Crippen LogP contribution is -2.24. The van der Waals surface area contributed by atoms with Gasteiger partial charge in [-0.3, -0.25) is 4.99 Å². The summed E-state index contributed by atoms with van der Waals surface area (Å²) in [6.45, 7) is 4.26. The van der Waals surface area contributed by atoms with E-state index in [2.05, 4.69) is 19.5 Å². The van der Waals surface area contributed by atoms with E-state index < -0.39 is 17.5 Å². The van der Waals surface area contributed by atoms with Crippen LogP contribution in [0.2, 0.25) is 0 Å². The van der Waals surface area contributed by atoms with Gasteiger partial charge in [0.25, 0.3) is 0 Å². The van der Waals surface area contributed by atoms with Gasteiger partial charge in [0.15, 0.2) is 0 Å². The summed E-state index contributed by atoms with van der Waals surface area (Å²) in [5, 5.41) is 10.2. The Bertz CT molecular complexity index is 1140. The van der Waals surface area contributed by atoms with E-state index >= 15 is 0 Å². The number of imidazole rings is 1. The van der Waals surface area contributed by atoms with Gasteiger partial charge in [0.05, 0.1) is 17.3 Å². The highest BCUT2D eigenvalue weighted by Crippen LogP contribution is 2.38. The molecule has 0 fully saturated rings. The number of rotatable bonds is 3. The predicted octanol–water partition coefficient (Wildman–Crippen LogP) is 4.30. The lowest BCUT2D eigenvalue weighted by atomic mass is 10.00. The molecule has 0 aliphatic carbocycles. The fourth-order valence-corrected chi connectivity index (χ4v) is 3.86. The van der Waals surface area contributed by atoms with Crippen LogP contribution >= 0.6 is 0 Å². The van der Waals surface area contributed by atoms with Gasteiger partial charge < -0.3 is 15.4 Å². The number of aromatic hydroxyl groups is 1. The minimum absolute atomic E-state index is 0.0979. The Labute approximate surface area is 177 Å². The molecule has 3 heterocycles. The van der Waals surface area contributed by atoms with Crippen molar-refractivity contribution < 1.29 is 18.3 Å². The molecular weight excluding hydrogens is 407 g/mol. The number of nitrogens with zero attached hydrogens (tertiary/aromatic N) is 4. The number of hydrogen-bond acceptors (Lipinski definition) is 5. The van der Waals surface area contributed by atoms with Gasteiger partial charge in [-0.05, 0) is 50.1 Å². The Morgan fingerprint density at radius 2 is 2.03 bits per heavy atom. The van der Waals surface area contributed by atoms with Gasteiger partial charge in [-0.1, -0.05) is 0 Å². The molecule has 0 saturated heterocycles. The number of alkyl halides is 3. The topological polar surface area (TPSA) is 89.3 Å². The molecule has 162 valence electrons. The quantitative estimate of drug-likeness (QED) is 0.608. The second kappa shape index (κ2) is 7.72. The first-order chi connectivity index (χ1) is 14.6. The Kier molecular flexibility index (Phi) is 5.20. The molecule has 3 aromatic rings. The summed E-state index contributed by atoms with van der Waals surface area (Å²) in [6.07, 6.45) is 0.739. The number of hydrogen-bond donors (Lipinski definition) is 2. The molecule has 0 spiro atoms. The Balaban J connectivity index is 1.57. The second-order valence-corrected chi connectivity index (χ2v) is 7.75. The molecular formula is C22H22F3N5O. The number of benzene rings is 1. The predicted molar refractivity (Wildman–Crippen MR) is 112 cm³/mol. The molecule has 6 nitrogen and oxygen atoms in total. The lowest BCUT2D eigenvalue weighted by molar-refractivity contribution is -0.137. The summed E-state index contributed by atoms with van der Waals surface area (Å²) in [6, 6.07) is 5.10. The van der Waals surface area contributed by atoms with Gasteiger partial charge in [0, 0.05) is 42.2 Å². The van der Waals surface area contributed by atoms with Gasteiger partial charge in [-0.15, -0.1) is 0 Å². The number of aromatic nitrogens is 3. The third-order valence-electron chi connectivity index (χ3n) is 5.51. The van der Waals surface area contributed by atoms with Crippen LogP contribution in [0.15, 0.2) is 35.5 Å². The number of phenols is 1. The summed E-state index contributed by atoms with van der Waals surface area (Å²) in [5.74, 6) is 0.769. The summed E-state index contributed by atoms with van der Waals surface area (Å²) in [5.41, 5.74) is 7.66. The zero-order chi connectivity index (χ0) is 22.3. The molecule has 4 rings (SSSR count). The first-order valence-corrected chi connectivity index (χ1v) is 9.85. The summed E-state index contributed by atoms with van der Waals surface area (Å²) < 4.78 is 41.0. The van der Waals surface area contributed by atoms with E-state index in [1.807, 2.05) is 13.1 Å². The zero-order valence-corrected chi connectivity index (χ0v) is 17.1. The summed E-state index contributed by atoms with van der Waals surface area (Å²) >= 11 is 0. The number of halogens is 3. The standard InChI is InChI=1S/C22H22F3N5O/c1-12-7-15(22(23,24)25)8-18(31)20(12)17-5-3-14(21(26)29-17)10-27-16-4-6-19-28-9-13(2)30(19)11-16/h3,5,7-10,16,31H,4,6,11H2,1-2H3,(H2,26,29). The average Bonchev–Trinajstić information content (AvgIpc) is 3.06. The van der Waals surface area contributed by atoms with Gasteiger partial charge in [-0.25, -0.2) is 9.97 Å². The van der Waals surface area contributed by atoms with Crippen molar-refractivity contribution in [2.24, 2.45) is 4.99 Å². The molecule has 1 unspecified atom stereocenters. The van der Waals surface area contributed by atoms with Crippen LogP contribution in [-0.2, 0) is 19.1 Å². The molecule has 0 radical (unpaired) electrons. The van der Waals surface area contributed by atoms with E-state index in [-0.39, 0.29) is 23.0 Å². The number of fused-ring (bicyclic) bond motifs is 1. The summed E-state index contributed by atoms with van der Waals surface area (Å²) in [4.78, 5) is 13.3. The Hall–Kier alpha value is -3.36. The first kappa shape index (κ1) is 20.9. The maximum atomic E-state index is 13.0. The molecule has 0 saturated carbocycles. The van der Waals surface area contributed by atoms with Crippen LogP contribution in [0.1, 0.15) is 34.6 Å². The number of pyridine rings is 1. The molecule has 3 N–H and O–H groups in total. The van der Waals surface area contributed by atoms with Gasteiger partial charge >= 0.3 is 6.18 Å². The van der Waals surface area contributed by atoms with Crippen molar-refractivity contribution in [1.29, 1.82) is 0 Å². The van der Waals surface area contributed by atoms with E-state index in [1.54, 1.807) is 18.3 Å². The van der Waals surface area contributed by atoms with Crippen LogP contribution in [0.25, 0.3) is 11.3 Å². The maximum Gasteiger partial charge on any atom is 0.416 e. The fourth-order valence-electron chi connectivity index (χ4n) is 3.86. The Morgan fingerprint density at radius 3 is 2.71 bits per heavy atom. The zero-order valence-electron chi connectivity index (χ0n) is 17.1. The van der Waals surface area contributed by atoms with E-state index in [1.165, 1.54) is 6.92 Å². The van der Waals surface area contributed by atoms with E-state index in [0.29, 0.717) is 17.3 Å². The highest BCUT2D eigenvalue weighted by Gasteiger charge is 2.32. The van der Waals surface area contributed by atoms with Crippen LogP contribution in [0.5, 0.6) is 5.75 Å². The molecule has 0 bridgehead atoms. The van der Waals surface area contributed by atoms with Crippen molar-refractivity contribution in [2.75, 3.05) is 5.73 Å². The number of phenolic OH excluding ortho intramolecular Hbond substituents is 1. The molecule has 2 aromatic heterocycles. The average molecular weight is 429 g/mol. The van der Waals surface area contributed by atoms with Crippen molar-refractivity contribution in [3.63, 3.8) is 0 Å². The third kappa shape index (κ3) is 4.12.